The van der Waals surface area contributed by atoms with E-state index in [2.05, 4.69) is 10.2 Å². The van der Waals surface area contributed by atoms with Crippen LogP contribution in [0.5, 0.6) is 11.5 Å². The van der Waals surface area contributed by atoms with Crippen molar-refractivity contribution in [3.8, 4) is 11.5 Å². The predicted octanol–water partition coefficient (Wildman–Crippen LogP) is 4.38. The molecule has 0 aromatic heterocycles. The number of para-hydroxylation sites is 1. The number of anilines is 1. The summed E-state index contributed by atoms with van der Waals surface area (Å²) >= 11 is 0. The highest BCUT2D eigenvalue weighted by atomic mass is 16.5. The van der Waals surface area contributed by atoms with Crippen molar-refractivity contribution in [1.29, 1.82) is 0 Å². The number of ether oxygens (including phenoxy) is 1. The number of carboxylic acid groups (broad SMARTS) is 1. The van der Waals surface area contributed by atoms with Gasteiger partial charge in [0, 0.05) is 18.7 Å². The molecule has 2 N–H and O–H groups in total. The minimum atomic E-state index is -0.757. The Bertz CT molecular complexity index is 807. The Hall–Kier alpha value is -2.86. The maximum Gasteiger partial charge on any atom is 0.303 e. The molecule has 6 heteroatoms. The largest absolute Gasteiger partial charge is 0.481 e. The number of carboxylic acids is 1. The molecule has 0 saturated carbocycles. The Morgan fingerprint density at radius 1 is 1.14 bits per heavy atom. The molecular formula is C23H28N2O4. The van der Waals surface area contributed by atoms with Gasteiger partial charge in [-0.15, -0.1) is 0 Å². The van der Waals surface area contributed by atoms with Crippen LogP contribution in [0.4, 0.5) is 5.69 Å². The molecular weight excluding hydrogens is 368 g/mol. The molecule has 0 spiro atoms. The number of rotatable bonds is 8. The first-order chi connectivity index (χ1) is 14.0. The van der Waals surface area contributed by atoms with Gasteiger partial charge in [0.25, 0.3) is 0 Å². The van der Waals surface area contributed by atoms with Gasteiger partial charge in [0.05, 0.1) is 6.04 Å². The summed E-state index contributed by atoms with van der Waals surface area (Å²) in [5.74, 6) is 0.998. The van der Waals surface area contributed by atoms with Crippen LogP contribution >= 0.6 is 0 Å². The maximum absolute atomic E-state index is 12.7. The van der Waals surface area contributed by atoms with Gasteiger partial charge in [0.2, 0.25) is 5.91 Å². The Morgan fingerprint density at radius 2 is 1.83 bits per heavy atom. The lowest BCUT2D eigenvalue weighted by Gasteiger charge is -2.36. The van der Waals surface area contributed by atoms with Crippen molar-refractivity contribution in [2.75, 3.05) is 18.4 Å². The first-order valence-corrected chi connectivity index (χ1v) is 10.1. The number of aliphatic carboxylic acids is 1. The summed E-state index contributed by atoms with van der Waals surface area (Å²) < 4.78 is 5.77. The summed E-state index contributed by atoms with van der Waals surface area (Å²) in [5.41, 5.74) is 0.724. The number of hydrogen-bond donors (Lipinski definition) is 2. The van der Waals surface area contributed by atoms with Crippen molar-refractivity contribution in [1.82, 2.24) is 4.90 Å². The standard InChI is InChI=1S/C23H28N2O4/c1-17(25-15-5-6-18(16-25)9-14-22(26)27)23(28)24-19-10-12-21(13-11-19)29-20-7-3-2-4-8-20/h2-4,7-8,10-13,17-18H,5-6,9,14-16H2,1H3,(H,24,28)(H,26,27). The third-order valence-corrected chi connectivity index (χ3v) is 5.34. The fourth-order valence-electron chi connectivity index (χ4n) is 3.66. The number of carbonyl (C=O) groups is 2. The quantitative estimate of drug-likeness (QED) is 0.692. The first kappa shape index (κ1) is 20.9. The van der Waals surface area contributed by atoms with Gasteiger partial charge >= 0.3 is 5.97 Å². The molecule has 0 bridgehead atoms. The number of carbonyl (C=O) groups excluding carboxylic acids is 1. The zero-order chi connectivity index (χ0) is 20.6. The van der Waals surface area contributed by atoms with E-state index in [1.807, 2.05) is 61.5 Å². The van der Waals surface area contributed by atoms with E-state index in [-0.39, 0.29) is 18.4 Å². The van der Waals surface area contributed by atoms with Gasteiger partial charge in [-0.25, -0.2) is 0 Å². The second-order valence-corrected chi connectivity index (χ2v) is 7.54. The third kappa shape index (κ3) is 6.32. The molecule has 0 radical (unpaired) electrons. The zero-order valence-corrected chi connectivity index (χ0v) is 16.7. The van der Waals surface area contributed by atoms with E-state index in [0.717, 1.165) is 37.4 Å². The second-order valence-electron chi connectivity index (χ2n) is 7.54. The third-order valence-electron chi connectivity index (χ3n) is 5.34. The number of piperidine rings is 1. The molecule has 1 fully saturated rings. The summed E-state index contributed by atoms with van der Waals surface area (Å²) in [6, 6.07) is 16.6. The van der Waals surface area contributed by atoms with Crippen LogP contribution in [0.2, 0.25) is 0 Å². The molecule has 2 atom stereocenters. The molecule has 2 aromatic rings. The van der Waals surface area contributed by atoms with E-state index in [1.165, 1.54) is 0 Å². The van der Waals surface area contributed by atoms with Crippen molar-refractivity contribution >= 4 is 17.6 Å². The Kier molecular flexibility index (Phi) is 7.25. The monoisotopic (exact) mass is 396 g/mol. The minimum Gasteiger partial charge on any atom is -0.481 e. The lowest BCUT2D eigenvalue weighted by molar-refractivity contribution is -0.137. The maximum atomic E-state index is 12.7. The topological polar surface area (TPSA) is 78.9 Å². The van der Waals surface area contributed by atoms with Crippen molar-refractivity contribution in [3.63, 3.8) is 0 Å². The molecule has 1 amide bonds. The average molecular weight is 396 g/mol. The zero-order valence-electron chi connectivity index (χ0n) is 16.7. The number of nitrogens with one attached hydrogen (secondary N) is 1. The van der Waals surface area contributed by atoms with Crippen LogP contribution < -0.4 is 10.1 Å². The van der Waals surface area contributed by atoms with Gasteiger partial charge in [-0.1, -0.05) is 18.2 Å². The Balaban J connectivity index is 1.51. The molecule has 29 heavy (non-hydrogen) atoms. The fourth-order valence-corrected chi connectivity index (χ4v) is 3.66. The molecule has 0 aliphatic carbocycles. The summed E-state index contributed by atoms with van der Waals surface area (Å²) in [6.07, 6.45) is 2.88. The normalized spacial score (nSPS) is 18.0. The minimum absolute atomic E-state index is 0.0550. The highest BCUT2D eigenvalue weighted by Gasteiger charge is 2.27. The van der Waals surface area contributed by atoms with Gasteiger partial charge < -0.3 is 15.2 Å². The summed E-state index contributed by atoms with van der Waals surface area (Å²) in [5, 5.41) is 11.9. The van der Waals surface area contributed by atoms with Crippen LogP contribution in [0.25, 0.3) is 0 Å². The van der Waals surface area contributed by atoms with E-state index in [4.69, 9.17) is 9.84 Å². The smallest absolute Gasteiger partial charge is 0.303 e. The number of nitrogens with zero attached hydrogens (tertiary/aromatic N) is 1. The fraction of sp³-hybridized carbons (Fsp3) is 0.391. The van der Waals surface area contributed by atoms with E-state index < -0.39 is 5.97 Å². The molecule has 154 valence electrons. The predicted molar refractivity (Wildman–Crippen MR) is 112 cm³/mol. The van der Waals surface area contributed by atoms with Crippen molar-refractivity contribution < 1.29 is 19.4 Å². The highest BCUT2D eigenvalue weighted by molar-refractivity contribution is 5.94. The molecule has 2 unspecified atom stereocenters. The van der Waals surface area contributed by atoms with Crippen molar-refractivity contribution in [3.05, 3.63) is 54.6 Å². The Morgan fingerprint density at radius 3 is 2.52 bits per heavy atom. The number of amides is 1. The average Bonchev–Trinajstić information content (AvgIpc) is 2.74. The first-order valence-electron chi connectivity index (χ1n) is 10.1. The van der Waals surface area contributed by atoms with Crippen LogP contribution in [0.15, 0.2) is 54.6 Å². The number of benzene rings is 2. The summed E-state index contributed by atoms with van der Waals surface area (Å²) in [4.78, 5) is 25.6. The van der Waals surface area contributed by atoms with Crippen LogP contribution in [0.3, 0.4) is 0 Å². The summed E-state index contributed by atoms with van der Waals surface area (Å²) in [7, 11) is 0. The van der Waals surface area contributed by atoms with Gasteiger partial charge in [0.1, 0.15) is 11.5 Å². The van der Waals surface area contributed by atoms with Crippen LogP contribution in [0.1, 0.15) is 32.6 Å². The summed E-state index contributed by atoms with van der Waals surface area (Å²) in [6.45, 7) is 3.54. The molecule has 3 rings (SSSR count). The van der Waals surface area contributed by atoms with Crippen molar-refractivity contribution in [2.24, 2.45) is 5.92 Å². The molecule has 2 aromatic carbocycles. The highest BCUT2D eigenvalue weighted by Crippen LogP contribution is 2.24. The van der Waals surface area contributed by atoms with Gasteiger partial charge in [-0.2, -0.15) is 0 Å². The number of hydrogen-bond acceptors (Lipinski definition) is 4. The van der Waals surface area contributed by atoms with Gasteiger partial charge in [0.15, 0.2) is 0 Å². The van der Waals surface area contributed by atoms with Crippen LogP contribution in [0, 0.1) is 5.92 Å². The van der Waals surface area contributed by atoms with E-state index >= 15 is 0 Å². The van der Waals surface area contributed by atoms with Gasteiger partial charge in [-0.3, -0.25) is 14.5 Å². The van der Waals surface area contributed by atoms with E-state index in [1.54, 1.807) is 0 Å². The lowest BCUT2D eigenvalue weighted by atomic mass is 9.92. The SMILES string of the molecule is CC(C(=O)Nc1ccc(Oc2ccccc2)cc1)N1CCCC(CCC(=O)O)C1. The lowest BCUT2D eigenvalue weighted by Crippen LogP contribution is -2.47. The van der Waals surface area contributed by atoms with Crippen LogP contribution in [-0.2, 0) is 9.59 Å². The molecule has 1 heterocycles. The molecule has 1 saturated heterocycles. The van der Waals surface area contributed by atoms with Gasteiger partial charge in [-0.05, 0) is 75.0 Å². The molecule has 1 aliphatic heterocycles. The van der Waals surface area contributed by atoms with E-state index in [9.17, 15) is 9.59 Å². The number of likely N-dealkylation sites (tertiary alicyclic amines) is 1. The Labute approximate surface area is 171 Å². The molecule has 6 nitrogen and oxygen atoms in total. The van der Waals surface area contributed by atoms with Crippen LogP contribution in [-0.4, -0.2) is 41.0 Å². The van der Waals surface area contributed by atoms with Crippen molar-refractivity contribution in [2.45, 2.75) is 38.6 Å². The van der Waals surface area contributed by atoms with E-state index in [0.29, 0.717) is 18.1 Å². The molecule has 1 aliphatic rings. The second kappa shape index (κ2) is 10.1.